The van der Waals surface area contributed by atoms with Gasteiger partial charge in [0.1, 0.15) is 0 Å². The topological polar surface area (TPSA) is 78.2 Å². The third-order valence-electron chi connectivity index (χ3n) is 5.05. The van der Waals surface area contributed by atoms with Crippen LogP contribution in [0.15, 0.2) is 0 Å². The first-order valence-corrected chi connectivity index (χ1v) is 7.84. The van der Waals surface area contributed by atoms with Crippen LogP contribution in [0.3, 0.4) is 0 Å². The van der Waals surface area contributed by atoms with Gasteiger partial charge in [-0.3, -0.25) is 14.8 Å². The number of amides is 1. The lowest BCUT2D eigenvalue weighted by Gasteiger charge is -2.25. The van der Waals surface area contributed by atoms with Crippen molar-refractivity contribution in [3.05, 3.63) is 11.4 Å². The first kappa shape index (κ1) is 14.4. The summed E-state index contributed by atoms with van der Waals surface area (Å²) < 4.78 is 0. The van der Waals surface area contributed by atoms with Crippen molar-refractivity contribution in [3.8, 4) is 0 Å². The quantitative estimate of drug-likeness (QED) is 0.864. The van der Waals surface area contributed by atoms with E-state index in [0.717, 1.165) is 25.2 Å². The van der Waals surface area contributed by atoms with Crippen LogP contribution in [-0.2, 0) is 0 Å². The molecule has 0 radical (unpaired) electrons. The maximum Gasteiger partial charge on any atom is 0.276 e. The lowest BCUT2D eigenvalue weighted by atomic mass is 10.1. The van der Waals surface area contributed by atoms with E-state index in [9.17, 15) is 4.79 Å². The monoisotopic (exact) mass is 291 g/mol. The van der Waals surface area contributed by atoms with Crippen LogP contribution in [0.5, 0.6) is 0 Å². The summed E-state index contributed by atoms with van der Waals surface area (Å²) in [6.45, 7) is 5.67. The van der Waals surface area contributed by atoms with Crippen molar-refractivity contribution in [2.75, 3.05) is 25.9 Å². The third kappa shape index (κ3) is 2.41. The van der Waals surface area contributed by atoms with Crippen molar-refractivity contribution in [3.63, 3.8) is 0 Å². The zero-order valence-corrected chi connectivity index (χ0v) is 13.1. The Morgan fingerprint density at radius 1 is 1.33 bits per heavy atom. The van der Waals surface area contributed by atoms with Crippen LogP contribution >= 0.6 is 0 Å². The molecule has 0 aliphatic carbocycles. The zero-order chi connectivity index (χ0) is 15.1. The Morgan fingerprint density at radius 2 is 2.05 bits per heavy atom. The fourth-order valence-corrected chi connectivity index (χ4v) is 3.61. The largest absolute Gasteiger partial charge is 0.395 e. The Bertz CT molecular complexity index is 538. The van der Waals surface area contributed by atoms with Gasteiger partial charge in [0.05, 0.1) is 11.4 Å². The molecular weight excluding hydrogens is 266 g/mol. The van der Waals surface area contributed by atoms with Gasteiger partial charge in [0.2, 0.25) is 0 Å². The summed E-state index contributed by atoms with van der Waals surface area (Å²) in [4.78, 5) is 17.1. The minimum absolute atomic E-state index is 0.0309. The summed E-state index contributed by atoms with van der Waals surface area (Å²) >= 11 is 0. The number of aromatic amines is 1. The number of hydrogen-bond acceptors (Lipinski definition) is 4. The van der Waals surface area contributed by atoms with E-state index in [1.54, 1.807) is 0 Å². The van der Waals surface area contributed by atoms with Crippen LogP contribution in [-0.4, -0.2) is 58.1 Å². The highest BCUT2D eigenvalue weighted by atomic mass is 16.2. The van der Waals surface area contributed by atoms with Gasteiger partial charge in [-0.2, -0.15) is 5.10 Å². The Kier molecular flexibility index (Phi) is 3.65. The van der Waals surface area contributed by atoms with Gasteiger partial charge < -0.3 is 10.6 Å². The number of carbonyl (C=O) groups excluding carboxylic acids is 1. The molecule has 2 unspecified atom stereocenters. The van der Waals surface area contributed by atoms with Crippen LogP contribution < -0.4 is 5.73 Å². The number of anilines is 1. The van der Waals surface area contributed by atoms with E-state index in [1.165, 1.54) is 12.8 Å². The number of nitrogens with zero attached hydrogens (tertiary/aromatic N) is 3. The summed E-state index contributed by atoms with van der Waals surface area (Å²) in [6.07, 6.45) is 3.48. The van der Waals surface area contributed by atoms with Crippen molar-refractivity contribution < 1.29 is 4.79 Å². The van der Waals surface area contributed by atoms with Gasteiger partial charge in [-0.05, 0) is 32.2 Å². The standard InChI is InChI=1S/C15H25N5O/c1-9(2)13-12(16)14(18-17-13)15(21)20-7-6-10-4-5-11(8-20)19(10)3/h9-11H,4-8,16H2,1-3H3,(H,17,18). The van der Waals surface area contributed by atoms with E-state index in [-0.39, 0.29) is 11.8 Å². The smallest absolute Gasteiger partial charge is 0.276 e. The molecule has 0 saturated carbocycles. The lowest BCUT2D eigenvalue weighted by Crippen LogP contribution is -2.40. The number of nitrogens with two attached hydrogens (primary N) is 1. The predicted molar refractivity (Wildman–Crippen MR) is 82.2 cm³/mol. The predicted octanol–water partition coefficient (Wildman–Crippen LogP) is 1.42. The fourth-order valence-electron chi connectivity index (χ4n) is 3.61. The Morgan fingerprint density at radius 3 is 2.71 bits per heavy atom. The number of nitrogen functional groups attached to an aromatic ring is 1. The van der Waals surface area contributed by atoms with Crippen molar-refractivity contribution in [2.24, 2.45) is 0 Å². The van der Waals surface area contributed by atoms with Crippen LogP contribution in [0.4, 0.5) is 5.69 Å². The molecule has 6 heteroatoms. The Labute approximate surface area is 125 Å². The first-order chi connectivity index (χ1) is 9.99. The van der Waals surface area contributed by atoms with Gasteiger partial charge in [-0.15, -0.1) is 0 Å². The van der Waals surface area contributed by atoms with Crippen molar-refractivity contribution in [1.29, 1.82) is 0 Å². The molecule has 21 heavy (non-hydrogen) atoms. The van der Waals surface area contributed by atoms with Crippen LogP contribution in [0.25, 0.3) is 0 Å². The van der Waals surface area contributed by atoms with E-state index < -0.39 is 0 Å². The second-order valence-corrected chi connectivity index (χ2v) is 6.64. The van der Waals surface area contributed by atoms with Crippen molar-refractivity contribution in [2.45, 2.75) is 51.1 Å². The van der Waals surface area contributed by atoms with Crippen LogP contribution in [0, 0.1) is 0 Å². The van der Waals surface area contributed by atoms with Gasteiger partial charge >= 0.3 is 0 Å². The van der Waals surface area contributed by atoms with Crippen molar-refractivity contribution >= 4 is 11.6 Å². The number of carbonyl (C=O) groups is 1. The SMILES string of the molecule is CC(C)c1[nH]nc(C(=O)N2CCC3CCC(C2)N3C)c1N. The van der Waals surface area contributed by atoms with Gasteiger partial charge in [0, 0.05) is 25.2 Å². The maximum atomic E-state index is 12.7. The molecule has 3 N–H and O–H groups in total. The van der Waals surface area contributed by atoms with Crippen molar-refractivity contribution in [1.82, 2.24) is 20.0 Å². The summed E-state index contributed by atoms with van der Waals surface area (Å²) in [5.74, 6) is 0.210. The van der Waals surface area contributed by atoms with Gasteiger partial charge in [-0.1, -0.05) is 13.8 Å². The van der Waals surface area contributed by atoms with E-state index in [0.29, 0.717) is 23.5 Å². The molecular formula is C15H25N5O. The average molecular weight is 291 g/mol. The van der Waals surface area contributed by atoms with E-state index in [4.69, 9.17) is 5.73 Å². The van der Waals surface area contributed by atoms with Gasteiger partial charge in [0.25, 0.3) is 5.91 Å². The van der Waals surface area contributed by atoms with Gasteiger partial charge in [-0.25, -0.2) is 0 Å². The molecule has 2 bridgehead atoms. The molecule has 1 amide bonds. The first-order valence-electron chi connectivity index (χ1n) is 7.84. The average Bonchev–Trinajstić information content (AvgIpc) is 2.90. The summed E-state index contributed by atoms with van der Waals surface area (Å²) in [7, 11) is 2.18. The summed E-state index contributed by atoms with van der Waals surface area (Å²) in [6, 6.07) is 1.10. The lowest BCUT2D eigenvalue weighted by molar-refractivity contribution is 0.0735. The zero-order valence-electron chi connectivity index (χ0n) is 13.1. The van der Waals surface area contributed by atoms with E-state index >= 15 is 0 Å². The van der Waals surface area contributed by atoms with Gasteiger partial charge in [0.15, 0.2) is 5.69 Å². The number of likely N-dealkylation sites (N-methyl/N-ethyl adjacent to an activating group) is 1. The number of hydrogen-bond donors (Lipinski definition) is 2. The van der Waals surface area contributed by atoms with E-state index in [1.807, 2.05) is 18.7 Å². The number of rotatable bonds is 2. The molecule has 116 valence electrons. The number of aromatic nitrogens is 2. The minimum Gasteiger partial charge on any atom is -0.395 e. The molecule has 0 spiro atoms. The molecule has 2 aliphatic heterocycles. The highest BCUT2D eigenvalue weighted by Gasteiger charge is 2.37. The molecule has 0 aromatic carbocycles. The molecule has 2 fully saturated rings. The molecule has 1 aromatic heterocycles. The van der Waals surface area contributed by atoms with Crippen LogP contribution in [0.2, 0.25) is 0 Å². The summed E-state index contributed by atoms with van der Waals surface area (Å²) in [5, 5.41) is 7.09. The Hall–Kier alpha value is -1.56. The second kappa shape index (κ2) is 5.33. The molecule has 2 saturated heterocycles. The van der Waals surface area contributed by atoms with E-state index in [2.05, 4.69) is 22.1 Å². The second-order valence-electron chi connectivity index (χ2n) is 6.64. The number of H-pyrrole nitrogens is 1. The molecule has 1 aromatic rings. The molecule has 6 nitrogen and oxygen atoms in total. The molecule has 3 heterocycles. The fraction of sp³-hybridized carbons (Fsp3) is 0.733. The normalized spacial score (nSPS) is 26.4. The maximum absolute atomic E-state index is 12.7. The Balaban J connectivity index is 1.79. The number of likely N-dealkylation sites (tertiary alicyclic amines) is 1. The highest BCUT2D eigenvalue weighted by Crippen LogP contribution is 2.30. The molecule has 3 rings (SSSR count). The summed E-state index contributed by atoms with van der Waals surface area (Å²) in [5.41, 5.74) is 7.86. The highest BCUT2D eigenvalue weighted by molar-refractivity contribution is 5.97. The number of fused-ring (bicyclic) bond motifs is 2. The third-order valence-corrected chi connectivity index (χ3v) is 5.05. The molecule has 2 atom stereocenters. The minimum atomic E-state index is -0.0309. The molecule has 2 aliphatic rings. The number of nitrogens with one attached hydrogen (secondary N) is 1. The van der Waals surface area contributed by atoms with Crippen LogP contribution in [0.1, 0.15) is 55.2 Å².